The van der Waals surface area contributed by atoms with Crippen molar-refractivity contribution in [1.82, 2.24) is 0 Å². The molecule has 0 aromatic rings. The van der Waals surface area contributed by atoms with Crippen LogP contribution in [0.5, 0.6) is 0 Å². The third kappa shape index (κ3) is 7.50. The molecule has 0 unspecified atom stereocenters. The fourth-order valence-electron chi connectivity index (χ4n) is 0.665. The Hall–Kier alpha value is -1.15. The van der Waals surface area contributed by atoms with Crippen LogP contribution < -0.4 is 0 Å². The second-order valence-corrected chi connectivity index (χ2v) is 3.88. The smallest absolute Gasteiger partial charge is 0.321 e. The average Bonchev–Trinajstić information content (AvgIpc) is 2.08. The number of rotatable bonds is 5. The Morgan fingerprint density at radius 2 is 1.79 bits per heavy atom. The molecule has 2 N–H and O–H groups in total. The van der Waals surface area contributed by atoms with Crippen molar-refractivity contribution >= 4 is 7.60 Å². The molecule has 4 heteroatoms. The minimum Gasteiger partial charge on any atom is -0.321 e. The van der Waals surface area contributed by atoms with E-state index in [2.05, 4.69) is 13.2 Å². The summed E-state index contributed by atoms with van der Waals surface area (Å²) in [5, 5.41) is 0. The van der Waals surface area contributed by atoms with Gasteiger partial charge in [-0.05, 0) is 11.6 Å². The Kier molecular flexibility index (Phi) is 5.81. The largest absolute Gasteiger partial charge is 0.349 e. The van der Waals surface area contributed by atoms with E-state index in [1.807, 2.05) is 0 Å². The lowest BCUT2D eigenvalue weighted by Crippen LogP contribution is -1.73. The van der Waals surface area contributed by atoms with E-state index in [9.17, 15) is 4.57 Å². The molecule has 76 valence electrons. The highest BCUT2D eigenvalue weighted by molar-refractivity contribution is 7.55. The number of hydrogen-bond acceptors (Lipinski definition) is 1. The van der Waals surface area contributed by atoms with Crippen LogP contribution in [0.2, 0.25) is 0 Å². The summed E-state index contributed by atoms with van der Waals surface area (Å²) in [6.07, 6.45) is 9.41. The third-order valence-corrected chi connectivity index (χ3v) is 1.73. The highest BCUT2D eigenvalue weighted by Crippen LogP contribution is 2.36. The molecule has 0 aromatic heterocycles. The van der Waals surface area contributed by atoms with Crippen LogP contribution in [0.4, 0.5) is 0 Å². The van der Waals surface area contributed by atoms with Crippen molar-refractivity contribution in [2.45, 2.75) is 0 Å². The van der Waals surface area contributed by atoms with E-state index in [0.29, 0.717) is 5.57 Å². The van der Waals surface area contributed by atoms with Crippen molar-refractivity contribution in [3.63, 3.8) is 0 Å². The van der Waals surface area contributed by atoms with Gasteiger partial charge in [-0.3, -0.25) is 4.57 Å². The molecule has 0 radical (unpaired) electrons. The van der Waals surface area contributed by atoms with Crippen LogP contribution in [0.25, 0.3) is 0 Å². The van der Waals surface area contributed by atoms with E-state index < -0.39 is 7.60 Å². The van der Waals surface area contributed by atoms with Gasteiger partial charge in [0, 0.05) is 5.82 Å². The average molecular weight is 212 g/mol. The first-order valence-corrected chi connectivity index (χ1v) is 5.54. The standard InChI is InChI=1S/C10H13O3P/c1-3-5-7-10(6-4-2)8-9-14(11,12)13/h3-9H,1-2H2,(H2,11,12,13)/b7-5-,9-8+,10-6+. The molecular weight excluding hydrogens is 199 g/mol. The zero-order valence-corrected chi connectivity index (χ0v) is 8.60. The zero-order chi connectivity index (χ0) is 11.0. The summed E-state index contributed by atoms with van der Waals surface area (Å²) >= 11 is 0. The fraction of sp³-hybridized carbons (Fsp3) is 0. The van der Waals surface area contributed by atoms with Crippen molar-refractivity contribution in [2.24, 2.45) is 0 Å². The van der Waals surface area contributed by atoms with Crippen LogP contribution in [-0.4, -0.2) is 9.79 Å². The molecule has 0 heterocycles. The van der Waals surface area contributed by atoms with Crippen LogP contribution in [0, 0.1) is 0 Å². The van der Waals surface area contributed by atoms with Crippen LogP contribution >= 0.6 is 7.60 Å². The van der Waals surface area contributed by atoms with Crippen LogP contribution in [0.15, 0.2) is 61.0 Å². The van der Waals surface area contributed by atoms with Gasteiger partial charge in [0.05, 0.1) is 0 Å². The van der Waals surface area contributed by atoms with Gasteiger partial charge >= 0.3 is 7.60 Å². The SMILES string of the molecule is C=C\C=C/C(/C=C/P(=O)(O)O)=C\C=C. The van der Waals surface area contributed by atoms with Crippen molar-refractivity contribution in [2.75, 3.05) is 0 Å². The molecule has 0 spiro atoms. The molecule has 0 rings (SSSR count). The minimum absolute atomic E-state index is 0.642. The van der Waals surface area contributed by atoms with E-state index in [1.165, 1.54) is 12.2 Å². The van der Waals surface area contributed by atoms with E-state index in [1.54, 1.807) is 24.3 Å². The molecule has 0 aromatic carbocycles. The summed E-state index contributed by atoms with van der Waals surface area (Å²) in [5.41, 5.74) is 0.642. The molecule has 0 aliphatic heterocycles. The van der Waals surface area contributed by atoms with Crippen molar-refractivity contribution in [1.29, 1.82) is 0 Å². The molecule has 0 bridgehead atoms. The Morgan fingerprint density at radius 3 is 2.21 bits per heavy atom. The minimum atomic E-state index is -4.09. The lowest BCUT2D eigenvalue weighted by molar-refractivity contribution is 0.386. The predicted molar refractivity (Wildman–Crippen MR) is 58.8 cm³/mol. The molecule has 14 heavy (non-hydrogen) atoms. The van der Waals surface area contributed by atoms with Crippen LogP contribution in [-0.2, 0) is 4.57 Å². The number of allylic oxidation sites excluding steroid dienone is 7. The predicted octanol–water partition coefficient (Wildman–Crippen LogP) is 2.53. The van der Waals surface area contributed by atoms with Gasteiger partial charge < -0.3 is 9.79 Å². The van der Waals surface area contributed by atoms with E-state index in [4.69, 9.17) is 9.79 Å². The Balaban J connectivity index is 4.71. The molecule has 0 aliphatic rings. The van der Waals surface area contributed by atoms with Gasteiger partial charge in [-0.2, -0.15) is 0 Å². The quantitative estimate of drug-likeness (QED) is 0.543. The van der Waals surface area contributed by atoms with Crippen molar-refractivity contribution in [3.05, 3.63) is 61.0 Å². The van der Waals surface area contributed by atoms with E-state index >= 15 is 0 Å². The summed E-state index contributed by atoms with van der Waals surface area (Å²) in [4.78, 5) is 17.2. The first-order valence-electron chi connectivity index (χ1n) is 3.86. The highest BCUT2D eigenvalue weighted by Gasteiger charge is 2.04. The maximum Gasteiger partial charge on any atom is 0.349 e. The van der Waals surface area contributed by atoms with Crippen LogP contribution in [0.1, 0.15) is 0 Å². The first kappa shape index (κ1) is 12.8. The molecule has 0 atom stereocenters. The normalized spacial score (nSPS) is 13.7. The topological polar surface area (TPSA) is 57.5 Å². The van der Waals surface area contributed by atoms with Crippen molar-refractivity contribution < 1.29 is 14.4 Å². The zero-order valence-electron chi connectivity index (χ0n) is 7.71. The van der Waals surface area contributed by atoms with Gasteiger partial charge in [0.1, 0.15) is 0 Å². The molecule has 0 amide bonds. The molecule has 0 saturated heterocycles. The highest BCUT2D eigenvalue weighted by atomic mass is 31.2. The molecular formula is C10H13O3P. The van der Waals surface area contributed by atoms with Gasteiger partial charge in [0.25, 0.3) is 0 Å². The van der Waals surface area contributed by atoms with E-state index in [0.717, 1.165) is 5.82 Å². The van der Waals surface area contributed by atoms with Crippen molar-refractivity contribution in [3.8, 4) is 0 Å². The van der Waals surface area contributed by atoms with Gasteiger partial charge in [0.15, 0.2) is 0 Å². The second kappa shape index (κ2) is 6.33. The third-order valence-electron chi connectivity index (χ3n) is 1.20. The monoisotopic (exact) mass is 212 g/mol. The number of hydrogen-bond donors (Lipinski definition) is 2. The Morgan fingerprint density at radius 1 is 1.14 bits per heavy atom. The molecule has 0 fully saturated rings. The van der Waals surface area contributed by atoms with Crippen LogP contribution in [0.3, 0.4) is 0 Å². The summed E-state index contributed by atoms with van der Waals surface area (Å²) < 4.78 is 10.5. The molecule has 0 aliphatic carbocycles. The lowest BCUT2D eigenvalue weighted by Gasteiger charge is -1.95. The second-order valence-electron chi connectivity index (χ2n) is 2.40. The fourth-order valence-corrected chi connectivity index (χ4v) is 1.03. The summed E-state index contributed by atoms with van der Waals surface area (Å²) in [6, 6.07) is 0. The Labute approximate surface area is 83.6 Å². The lowest BCUT2D eigenvalue weighted by atomic mass is 10.2. The van der Waals surface area contributed by atoms with E-state index in [-0.39, 0.29) is 0 Å². The summed E-state index contributed by atoms with van der Waals surface area (Å²) in [5.74, 6) is 0.843. The molecule has 3 nitrogen and oxygen atoms in total. The first-order chi connectivity index (χ1) is 6.49. The van der Waals surface area contributed by atoms with Gasteiger partial charge in [-0.1, -0.05) is 43.5 Å². The maximum absolute atomic E-state index is 10.5. The summed E-state index contributed by atoms with van der Waals surface area (Å²) in [6.45, 7) is 6.97. The molecule has 0 saturated carbocycles. The Bertz CT molecular complexity index is 331. The summed E-state index contributed by atoms with van der Waals surface area (Å²) in [7, 11) is -4.09. The van der Waals surface area contributed by atoms with Gasteiger partial charge in [-0.25, -0.2) is 0 Å². The maximum atomic E-state index is 10.5. The van der Waals surface area contributed by atoms with Gasteiger partial charge in [-0.15, -0.1) is 0 Å². The van der Waals surface area contributed by atoms with Gasteiger partial charge in [0.2, 0.25) is 0 Å².